The van der Waals surface area contributed by atoms with Gasteiger partial charge >= 0.3 is 0 Å². The lowest BCUT2D eigenvalue weighted by Gasteiger charge is -2.23. The van der Waals surface area contributed by atoms with Gasteiger partial charge in [0.15, 0.2) is 0 Å². The fourth-order valence-corrected chi connectivity index (χ4v) is 3.92. The zero-order valence-corrected chi connectivity index (χ0v) is 16.3. The summed E-state index contributed by atoms with van der Waals surface area (Å²) in [5.74, 6) is -0.0457. The van der Waals surface area contributed by atoms with Gasteiger partial charge in [-0.3, -0.25) is 14.4 Å². The Hall–Kier alpha value is -2.87. The topological polar surface area (TPSA) is 84.3 Å². The predicted octanol–water partition coefficient (Wildman–Crippen LogP) is 2.77. The maximum atomic E-state index is 12.6. The number of amides is 1. The van der Waals surface area contributed by atoms with Crippen molar-refractivity contribution in [3.05, 3.63) is 54.1 Å². The van der Waals surface area contributed by atoms with Crippen LogP contribution >= 0.6 is 0 Å². The standard InChI is InChI=1S/C19H22N4O3S/c1-4-22-17-12-8-6-10-15(17)20-19(22)21-18(24)13-23(27(3,25)26)16-11-7-5-9-14(16)2/h5-12H,4,13H2,1-3H3,(H,20,21,24). The maximum absolute atomic E-state index is 12.6. The van der Waals surface area contributed by atoms with Gasteiger partial charge < -0.3 is 4.57 Å². The number of carbonyl (C=O) groups excluding carboxylic acids is 1. The first-order valence-electron chi connectivity index (χ1n) is 8.59. The van der Waals surface area contributed by atoms with Crippen LogP contribution in [-0.2, 0) is 21.4 Å². The lowest BCUT2D eigenvalue weighted by Crippen LogP contribution is -2.38. The summed E-state index contributed by atoms with van der Waals surface area (Å²) in [6.07, 6.45) is 1.09. The van der Waals surface area contributed by atoms with Crippen LogP contribution in [0.15, 0.2) is 48.5 Å². The van der Waals surface area contributed by atoms with E-state index in [0.29, 0.717) is 18.2 Å². The number of sulfonamides is 1. The summed E-state index contributed by atoms with van der Waals surface area (Å²) in [5, 5.41) is 2.75. The van der Waals surface area contributed by atoms with E-state index in [9.17, 15) is 13.2 Å². The van der Waals surface area contributed by atoms with Crippen molar-refractivity contribution in [1.82, 2.24) is 9.55 Å². The largest absolute Gasteiger partial charge is 0.310 e. The molecule has 0 atom stereocenters. The normalized spacial score (nSPS) is 11.5. The van der Waals surface area contributed by atoms with E-state index in [-0.39, 0.29) is 6.54 Å². The van der Waals surface area contributed by atoms with E-state index < -0.39 is 15.9 Å². The van der Waals surface area contributed by atoms with Gasteiger partial charge in [0.1, 0.15) is 6.54 Å². The molecule has 3 rings (SSSR count). The Morgan fingerprint density at radius 2 is 1.81 bits per heavy atom. The molecule has 0 saturated carbocycles. The van der Waals surface area contributed by atoms with Crippen LogP contribution in [0.4, 0.5) is 11.6 Å². The van der Waals surface area contributed by atoms with Crippen LogP contribution in [0.1, 0.15) is 12.5 Å². The summed E-state index contributed by atoms with van der Waals surface area (Å²) >= 11 is 0. The van der Waals surface area contributed by atoms with Gasteiger partial charge in [-0.2, -0.15) is 0 Å². The third-order valence-electron chi connectivity index (χ3n) is 4.29. The Morgan fingerprint density at radius 1 is 1.15 bits per heavy atom. The molecule has 1 aromatic heterocycles. The lowest BCUT2D eigenvalue weighted by molar-refractivity contribution is -0.114. The maximum Gasteiger partial charge on any atom is 0.247 e. The van der Waals surface area contributed by atoms with E-state index in [0.717, 1.165) is 27.2 Å². The van der Waals surface area contributed by atoms with E-state index in [1.807, 2.05) is 54.8 Å². The minimum atomic E-state index is -3.62. The van der Waals surface area contributed by atoms with Gasteiger partial charge in [0.05, 0.1) is 23.0 Å². The highest BCUT2D eigenvalue weighted by Crippen LogP contribution is 2.23. The van der Waals surface area contributed by atoms with Gasteiger partial charge in [-0.25, -0.2) is 13.4 Å². The van der Waals surface area contributed by atoms with Crippen molar-refractivity contribution in [2.24, 2.45) is 0 Å². The molecule has 3 aromatic rings. The second kappa shape index (κ2) is 7.40. The quantitative estimate of drug-likeness (QED) is 0.706. The molecule has 142 valence electrons. The minimum absolute atomic E-state index is 0.323. The number of aromatic nitrogens is 2. The molecule has 0 fully saturated rings. The lowest BCUT2D eigenvalue weighted by atomic mass is 10.2. The van der Waals surface area contributed by atoms with Crippen LogP contribution in [0, 0.1) is 6.92 Å². The number of fused-ring (bicyclic) bond motifs is 1. The van der Waals surface area contributed by atoms with Crippen LogP contribution in [0.25, 0.3) is 11.0 Å². The van der Waals surface area contributed by atoms with Crippen LogP contribution in [0.5, 0.6) is 0 Å². The highest BCUT2D eigenvalue weighted by molar-refractivity contribution is 7.92. The molecule has 0 aliphatic carbocycles. The highest BCUT2D eigenvalue weighted by Gasteiger charge is 2.23. The average molecular weight is 386 g/mol. The summed E-state index contributed by atoms with van der Waals surface area (Å²) in [6.45, 7) is 4.07. The van der Waals surface area contributed by atoms with Crippen molar-refractivity contribution >= 4 is 38.6 Å². The number of nitrogens with zero attached hydrogens (tertiary/aromatic N) is 3. The van der Waals surface area contributed by atoms with Gasteiger partial charge in [0.25, 0.3) is 0 Å². The summed E-state index contributed by atoms with van der Waals surface area (Å²) in [4.78, 5) is 17.1. The number of anilines is 2. The second-order valence-electron chi connectivity index (χ2n) is 6.27. The van der Waals surface area contributed by atoms with Gasteiger partial charge in [-0.05, 0) is 37.6 Å². The molecular formula is C19H22N4O3S. The molecule has 0 spiro atoms. The number of aryl methyl sites for hydroxylation is 2. The van der Waals surface area contributed by atoms with Crippen molar-refractivity contribution in [3.63, 3.8) is 0 Å². The zero-order valence-electron chi connectivity index (χ0n) is 15.5. The number of benzene rings is 2. The number of carbonyl (C=O) groups is 1. The molecule has 1 heterocycles. The molecule has 0 aliphatic heterocycles. The smallest absolute Gasteiger partial charge is 0.247 e. The Labute approximate surface area is 158 Å². The first kappa shape index (κ1) is 18.9. The number of para-hydroxylation sites is 3. The molecule has 0 bridgehead atoms. The van der Waals surface area contributed by atoms with Crippen molar-refractivity contribution in [2.75, 3.05) is 22.4 Å². The van der Waals surface area contributed by atoms with E-state index in [2.05, 4.69) is 10.3 Å². The molecule has 0 unspecified atom stereocenters. The van der Waals surface area contributed by atoms with Gasteiger partial charge in [0, 0.05) is 6.54 Å². The Morgan fingerprint density at radius 3 is 2.48 bits per heavy atom. The molecule has 0 saturated heterocycles. The Balaban J connectivity index is 1.89. The van der Waals surface area contributed by atoms with Crippen LogP contribution < -0.4 is 9.62 Å². The number of rotatable bonds is 6. The number of imidazole rings is 1. The molecule has 27 heavy (non-hydrogen) atoms. The fourth-order valence-electron chi connectivity index (χ4n) is 3.01. The third-order valence-corrected chi connectivity index (χ3v) is 5.42. The second-order valence-corrected chi connectivity index (χ2v) is 8.18. The molecule has 0 aliphatic rings. The highest BCUT2D eigenvalue weighted by atomic mass is 32.2. The number of hydrogen-bond acceptors (Lipinski definition) is 4. The molecule has 1 amide bonds. The van der Waals surface area contributed by atoms with Crippen molar-refractivity contribution in [1.29, 1.82) is 0 Å². The predicted molar refractivity (Wildman–Crippen MR) is 107 cm³/mol. The van der Waals surface area contributed by atoms with E-state index in [1.165, 1.54) is 0 Å². The van der Waals surface area contributed by atoms with Gasteiger partial charge in [-0.15, -0.1) is 0 Å². The summed E-state index contributed by atoms with van der Waals surface area (Å²) < 4.78 is 27.5. The Bertz CT molecular complexity index is 1090. The molecule has 7 nitrogen and oxygen atoms in total. The minimum Gasteiger partial charge on any atom is -0.310 e. The number of hydrogen-bond donors (Lipinski definition) is 1. The molecular weight excluding hydrogens is 364 g/mol. The van der Waals surface area contributed by atoms with Crippen LogP contribution in [-0.4, -0.2) is 36.7 Å². The first-order valence-corrected chi connectivity index (χ1v) is 10.4. The molecule has 0 radical (unpaired) electrons. The number of nitrogens with one attached hydrogen (secondary N) is 1. The van der Waals surface area contributed by atoms with Crippen molar-refractivity contribution in [3.8, 4) is 0 Å². The van der Waals surface area contributed by atoms with E-state index >= 15 is 0 Å². The third kappa shape index (κ3) is 3.95. The molecule has 1 N–H and O–H groups in total. The van der Waals surface area contributed by atoms with Crippen LogP contribution in [0.2, 0.25) is 0 Å². The van der Waals surface area contributed by atoms with Crippen molar-refractivity contribution < 1.29 is 13.2 Å². The molecule has 8 heteroatoms. The van der Waals surface area contributed by atoms with Gasteiger partial charge in [-0.1, -0.05) is 30.3 Å². The monoisotopic (exact) mass is 386 g/mol. The summed E-state index contributed by atoms with van der Waals surface area (Å²) in [5.41, 5.74) is 2.94. The van der Waals surface area contributed by atoms with Crippen molar-refractivity contribution in [2.45, 2.75) is 20.4 Å². The summed E-state index contributed by atoms with van der Waals surface area (Å²) in [7, 11) is -3.62. The SMILES string of the molecule is CCn1c(NC(=O)CN(c2ccccc2C)S(C)(=O)=O)nc2ccccc21. The van der Waals surface area contributed by atoms with Crippen LogP contribution in [0.3, 0.4) is 0 Å². The van der Waals surface area contributed by atoms with E-state index in [1.54, 1.807) is 12.1 Å². The zero-order chi connectivity index (χ0) is 19.6. The fraction of sp³-hybridized carbons (Fsp3) is 0.263. The van der Waals surface area contributed by atoms with Gasteiger partial charge in [0.2, 0.25) is 21.9 Å². The molecule has 2 aromatic carbocycles. The summed E-state index contributed by atoms with van der Waals surface area (Å²) in [6, 6.07) is 14.6. The first-order chi connectivity index (χ1) is 12.8. The average Bonchev–Trinajstić information content (AvgIpc) is 2.96. The van der Waals surface area contributed by atoms with E-state index in [4.69, 9.17) is 0 Å². The Kier molecular flexibility index (Phi) is 5.18.